The molecule has 0 fully saturated rings. The number of hydrogen-bond acceptors (Lipinski definition) is 3. The summed E-state index contributed by atoms with van der Waals surface area (Å²) in [5.41, 5.74) is -0.538. The quantitative estimate of drug-likeness (QED) is 0.728. The highest BCUT2D eigenvalue weighted by Gasteiger charge is 2.21. The molecule has 0 aromatic rings. The predicted molar refractivity (Wildman–Crippen MR) is 64.4 cm³/mol. The largest absolute Gasteiger partial charge is 0.511 e. The molecule has 0 aromatic heterocycles. The fraction of sp³-hybridized carbons (Fsp3) is 0.750. The van der Waals surface area contributed by atoms with Crippen LogP contribution in [0.1, 0.15) is 41.0 Å². The summed E-state index contributed by atoms with van der Waals surface area (Å²) in [6.07, 6.45) is 0.0996. The number of aliphatic hydroxyl groups is 1. The number of ether oxygens (including phenoxy) is 1. The number of hydrogen-bond donors (Lipinski definition) is 2. The highest BCUT2D eigenvalue weighted by Crippen LogP contribution is 2.12. The smallest absolute Gasteiger partial charge is 0.408 e. The Morgan fingerprint density at radius 2 is 1.94 bits per heavy atom. The van der Waals surface area contributed by atoms with E-state index < -0.39 is 17.7 Å². The number of amides is 1. The second kappa shape index (κ2) is 5.77. The van der Waals surface area contributed by atoms with Gasteiger partial charge in [-0.05, 0) is 33.1 Å². The van der Waals surface area contributed by atoms with Crippen LogP contribution in [0.25, 0.3) is 0 Å². The van der Waals surface area contributed by atoms with E-state index in [1.807, 2.05) is 13.8 Å². The number of aliphatic hydroxyl groups excluding tert-OH is 1. The topological polar surface area (TPSA) is 58.6 Å². The monoisotopic (exact) mass is 229 g/mol. The Bertz CT molecular complexity index is 253. The Balaban J connectivity index is 4.30. The maximum Gasteiger partial charge on any atom is 0.408 e. The van der Waals surface area contributed by atoms with Gasteiger partial charge in [0, 0.05) is 0 Å². The number of rotatable bonds is 4. The lowest BCUT2D eigenvalue weighted by molar-refractivity contribution is 0.0496. The van der Waals surface area contributed by atoms with E-state index in [1.165, 1.54) is 0 Å². The second-order valence-electron chi connectivity index (χ2n) is 5.32. The van der Waals surface area contributed by atoms with Gasteiger partial charge in [0.2, 0.25) is 0 Å². The van der Waals surface area contributed by atoms with Crippen molar-refractivity contribution in [3.63, 3.8) is 0 Å². The van der Waals surface area contributed by atoms with Crippen molar-refractivity contribution in [1.29, 1.82) is 0 Å². The van der Waals surface area contributed by atoms with Crippen molar-refractivity contribution in [3.8, 4) is 0 Å². The van der Waals surface area contributed by atoms with Crippen LogP contribution >= 0.6 is 0 Å². The van der Waals surface area contributed by atoms with Gasteiger partial charge in [0.1, 0.15) is 11.4 Å². The SMILES string of the molecule is C=C(O)[C@@H](CC(C)C)NC(=O)OC(C)(C)C. The van der Waals surface area contributed by atoms with Crippen LogP contribution in [0.2, 0.25) is 0 Å². The van der Waals surface area contributed by atoms with Gasteiger partial charge in [0.25, 0.3) is 0 Å². The van der Waals surface area contributed by atoms with Crippen molar-refractivity contribution >= 4 is 6.09 Å². The van der Waals surface area contributed by atoms with Crippen LogP contribution in [-0.2, 0) is 4.74 Å². The van der Waals surface area contributed by atoms with Crippen molar-refractivity contribution < 1.29 is 14.6 Å². The van der Waals surface area contributed by atoms with Crippen molar-refractivity contribution in [3.05, 3.63) is 12.3 Å². The molecule has 0 aromatic carbocycles. The molecular weight excluding hydrogens is 206 g/mol. The van der Waals surface area contributed by atoms with Gasteiger partial charge < -0.3 is 15.2 Å². The lowest BCUT2D eigenvalue weighted by Gasteiger charge is -2.24. The molecule has 0 saturated carbocycles. The van der Waals surface area contributed by atoms with Gasteiger partial charge in [0.05, 0.1) is 6.04 Å². The normalized spacial score (nSPS) is 13.4. The van der Waals surface area contributed by atoms with E-state index >= 15 is 0 Å². The van der Waals surface area contributed by atoms with Crippen LogP contribution in [0.5, 0.6) is 0 Å². The average molecular weight is 229 g/mol. The van der Waals surface area contributed by atoms with Gasteiger partial charge in [-0.1, -0.05) is 20.4 Å². The zero-order valence-electron chi connectivity index (χ0n) is 10.8. The van der Waals surface area contributed by atoms with E-state index in [0.717, 1.165) is 0 Å². The summed E-state index contributed by atoms with van der Waals surface area (Å²) in [6.45, 7) is 12.8. The highest BCUT2D eigenvalue weighted by molar-refractivity contribution is 5.68. The van der Waals surface area contributed by atoms with Crippen LogP contribution in [0.4, 0.5) is 4.79 Å². The van der Waals surface area contributed by atoms with Gasteiger partial charge in [-0.15, -0.1) is 0 Å². The molecule has 0 unspecified atom stereocenters. The zero-order valence-corrected chi connectivity index (χ0v) is 10.8. The molecule has 0 spiro atoms. The van der Waals surface area contributed by atoms with Gasteiger partial charge in [0.15, 0.2) is 0 Å². The molecule has 0 rings (SSSR count). The Morgan fingerprint density at radius 1 is 1.44 bits per heavy atom. The maximum absolute atomic E-state index is 11.5. The maximum atomic E-state index is 11.5. The lowest BCUT2D eigenvalue weighted by Crippen LogP contribution is -2.40. The Labute approximate surface area is 97.7 Å². The number of alkyl carbamates (subject to hydrolysis) is 1. The van der Waals surface area contributed by atoms with Gasteiger partial charge in [-0.3, -0.25) is 0 Å². The highest BCUT2D eigenvalue weighted by atomic mass is 16.6. The summed E-state index contributed by atoms with van der Waals surface area (Å²) in [7, 11) is 0. The third-order valence-corrected chi connectivity index (χ3v) is 1.80. The molecule has 16 heavy (non-hydrogen) atoms. The summed E-state index contributed by atoms with van der Waals surface area (Å²) in [5.74, 6) is 0.309. The molecule has 94 valence electrons. The number of nitrogens with one attached hydrogen (secondary N) is 1. The van der Waals surface area contributed by atoms with Gasteiger partial charge in [-0.2, -0.15) is 0 Å². The first-order valence-electron chi connectivity index (χ1n) is 5.49. The second-order valence-corrected chi connectivity index (χ2v) is 5.32. The van der Waals surface area contributed by atoms with E-state index in [1.54, 1.807) is 20.8 Å². The Hall–Kier alpha value is -1.19. The van der Waals surface area contributed by atoms with Crippen LogP contribution in [-0.4, -0.2) is 22.8 Å². The fourth-order valence-electron chi connectivity index (χ4n) is 1.20. The van der Waals surface area contributed by atoms with Crippen molar-refractivity contribution in [2.45, 2.75) is 52.7 Å². The molecule has 4 heteroatoms. The molecule has 1 amide bonds. The standard InChI is InChI=1S/C12H23NO3/c1-8(2)7-10(9(3)14)13-11(15)16-12(4,5)6/h8,10,14H,3,7H2,1-2,4-6H3,(H,13,15)/t10-/m1/s1. The van der Waals surface area contributed by atoms with E-state index in [2.05, 4.69) is 11.9 Å². The van der Waals surface area contributed by atoms with Crippen LogP contribution in [0.3, 0.4) is 0 Å². The molecule has 0 radical (unpaired) electrons. The number of carbonyl (C=O) groups excluding carboxylic acids is 1. The Morgan fingerprint density at radius 3 is 2.25 bits per heavy atom. The zero-order chi connectivity index (χ0) is 12.9. The molecule has 0 heterocycles. The first kappa shape index (κ1) is 14.8. The lowest BCUT2D eigenvalue weighted by atomic mass is 10.0. The summed E-state index contributed by atoms with van der Waals surface area (Å²) in [4.78, 5) is 11.5. The van der Waals surface area contributed by atoms with Crippen molar-refractivity contribution in [2.24, 2.45) is 5.92 Å². The third kappa shape index (κ3) is 7.15. The van der Waals surface area contributed by atoms with Crippen LogP contribution < -0.4 is 5.32 Å². The van der Waals surface area contributed by atoms with E-state index in [4.69, 9.17) is 4.74 Å². The molecule has 0 aliphatic rings. The summed E-state index contributed by atoms with van der Waals surface area (Å²) in [6, 6.07) is -0.449. The van der Waals surface area contributed by atoms with Crippen LogP contribution in [0, 0.1) is 5.92 Å². The molecule has 0 bridgehead atoms. The Kier molecular flexibility index (Phi) is 5.35. The molecule has 0 saturated heterocycles. The van der Waals surface area contributed by atoms with Gasteiger partial charge in [-0.25, -0.2) is 4.79 Å². The number of carbonyl (C=O) groups is 1. The van der Waals surface area contributed by atoms with Crippen molar-refractivity contribution in [1.82, 2.24) is 5.32 Å². The van der Waals surface area contributed by atoms with Gasteiger partial charge >= 0.3 is 6.09 Å². The van der Waals surface area contributed by atoms with Crippen LogP contribution in [0.15, 0.2) is 12.3 Å². The minimum atomic E-state index is -0.538. The average Bonchev–Trinajstić information content (AvgIpc) is 1.97. The minimum Gasteiger partial charge on any atom is -0.511 e. The molecule has 2 N–H and O–H groups in total. The molecule has 0 aliphatic heterocycles. The van der Waals surface area contributed by atoms with Crippen molar-refractivity contribution in [2.75, 3.05) is 0 Å². The first-order valence-corrected chi connectivity index (χ1v) is 5.49. The van der Waals surface area contributed by atoms with E-state index in [-0.39, 0.29) is 5.76 Å². The first-order chi connectivity index (χ1) is 7.11. The fourth-order valence-corrected chi connectivity index (χ4v) is 1.20. The summed E-state index contributed by atoms with van der Waals surface area (Å²) in [5, 5.41) is 11.9. The van der Waals surface area contributed by atoms with E-state index in [9.17, 15) is 9.90 Å². The predicted octanol–water partition coefficient (Wildman–Crippen LogP) is 3.00. The molecular formula is C12H23NO3. The minimum absolute atomic E-state index is 0.0421. The molecule has 1 atom stereocenters. The molecule has 0 aliphatic carbocycles. The van der Waals surface area contributed by atoms with E-state index in [0.29, 0.717) is 12.3 Å². The summed E-state index contributed by atoms with van der Waals surface area (Å²) < 4.78 is 5.10. The summed E-state index contributed by atoms with van der Waals surface area (Å²) >= 11 is 0. The third-order valence-electron chi connectivity index (χ3n) is 1.80. The molecule has 4 nitrogen and oxygen atoms in total.